The number of likely N-dealkylation sites (N-methyl/N-ethyl adjacent to an activating group) is 1. The molecule has 1 amide bonds. The van der Waals surface area contributed by atoms with Gasteiger partial charge in [-0.15, -0.1) is 0 Å². The van der Waals surface area contributed by atoms with Gasteiger partial charge in [0.2, 0.25) is 0 Å². The van der Waals surface area contributed by atoms with Gasteiger partial charge in [-0.1, -0.05) is 0 Å². The molecular weight excluding hydrogens is 244 g/mol. The van der Waals surface area contributed by atoms with Gasteiger partial charge < -0.3 is 9.64 Å². The molecule has 0 bridgehead atoms. The zero-order valence-corrected chi connectivity index (χ0v) is 12.4. The van der Waals surface area contributed by atoms with E-state index in [-0.39, 0.29) is 11.6 Å². The number of hydrogen-bond donors (Lipinski definition) is 0. The maximum Gasteiger partial charge on any atom is 0.410 e. The van der Waals surface area contributed by atoms with E-state index >= 15 is 0 Å². The van der Waals surface area contributed by atoms with Crippen molar-refractivity contribution in [3.8, 4) is 0 Å². The zero-order chi connectivity index (χ0) is 14.3. The third-order valence-electron chi connectivity index (χ3n) is 4.17. The Morgan fingerprint density at radius 3 is 2.21 bits per heavy atom. The van der Waals surface area contributed by atoms with Gasteiger partial charge >= 0.3 is 6.09 Å². The van der Waals surface area contributed by atoms with E-state index in [4.69, 9.17) is 4.74 Å². The lowest BCUT2D eigenvalue weighted by molar-refractivity contribution is -0.127. The summed E-state index contributed by atoms with van der Waals surface area (Å²) in [7, 11) is 2.01. The van der Waals surface area contributed by atoms with Crippen molar-refractivity contribution in [3.63, 3.8) is 0 Å². The largest absolute Gasteiger partial charge is 0.444 e. The summed E-state index contributed by atoms with van der Waals surface area (Å²) >= 11 is 0. The van der Waals surface area contributed by atoms with Crippen molar-refractivity contribution >= 4 is 11.9 Å². The topological polar surface area (TPSA) is 49.9 Å². The van der Waals surface area contributed by atoms with E-state index < -0.39 is 5.60 Å². The molecule has 19 heavy (non-hydrogen) atoms. The lowest BCUT2D eigenvalue weighted by Crippen LogP contribution is -2.55. The Morgan fingerprint density at radius 2 is 1.79 bits per heavy atom. The van der Waals surface area contributed by atoms with Crippen LogP contribution in [0.15, 0.2) is 0 Å². The van der Waals surface area contributed by atoms with Crippen LogP contribution in [0, 0.1) is 0 Å². The number of Topliss-reactive ketones (excluding diaryl/α,β-unsaturated/α-hetero) is 1. The maximum absolute atomic E-state index is 12.1. The fraction of sp³-hybridized carbons (Fsp3) is 0.857. The van der Waals surface area contributed by atoms with Gasteiger partial charge in [0.15, 0.2) is 5.78 Å². The summed E-state index contributed by atoms with van der Waals surface area (Å²) in [5.74, 6) is 0.332. The van der Waals surface area contributed by atoms with Crippen molar-refractivity contribution in [2.24, 2.45) is 0 Å². The molecule has 0 aromatic carbocycles. The van der Waals surface area contributed by atoms with E-state index in [1.54, 1.807) is 4.90 Å². The van der Waals surface area contributed by atoms with Gasteiger partial charge in [-0.2, -0.15) is 0 Å². The first-order valence-corrected chi connectivity index (χ1v) is 6.97. The Balaban J connectivity index is 1.96. The van der Waals surface area contributed by atoms with Crippen LogP contribution in [0.25, 0.3) is 0 Å². The van der Waals surface area contributed by atoms with E-state index in [0.29, 0.717) is 25.3 Å². The van der Waals surface area contributed by atoms with Gasteiger partial charge in [0.25, 0.3) is 0 Å². The molecule has 5 nitrogen and oxygen atoms in total. The summed E-state index contributed by atoms with van der Waals surface area (Å²) in [6.45, 7) is 7.64. The molecule has 0 radical (unpaired) electrons. The van der Waals surface area contributed by atoms with E-state index in [9.17, 15) is 9.59 Å². The third-order valence-corrected chi connectivity index (χ3v) is 4.17. The Labute approximate surface area is 114 Å². The summed E-state index contributed by atoms with van der Waals surface area (Å²) in [5, 5.41) is 0. The van der Waals surface area contributed by atoms with Crippen LogP contribution in [0.5, 0.6) is 0 Å². The molecule has 0 aliphatic carbocycles. The number of carbonyl (C=O) groups is 2. The van der Waals surface area contributed by atoms with Crippen LogP contribution in [0.2, 0.25) is 0 Å². The lowest BCUT2D eigenvalue weighted by atomic mass is 9.84. The number of piperidine rings is 1. The Bertz CT molecular complexity index is 379. The average molecular weight is 268 g/mol. The Hall–Kier alpha value is -1.10. The highest BCUT2D eigenvalue weighted by atomic mass is 16.6. The predicted molar refractivity (Wildman–Crippen MR) is 72.0 cm³/mol. The quantitative estimate of drug-likeness (QED) is 0.670. The molecule has 0 N–H and O–H groups in total. The first kappa shape index (κ1) is 14.3. The number of ether oxygens (including phenoxy) is 1. The van der Waals surface area contributed by atoms with Gasteiger partial charge in [-0.25, -0.2) is 4.79 Å². The van der Waals surface area contributed by atoms with E-state index in [0.717, 1.165) is 19.4 Å². The van der Waals surface area contributed by atoms with Gasteiger partial charge in [0.05, 0.1) is 5.54 Å². The average Bonchev–Trinajstić information content (AvgIpc) is 2.57. The van der Waals surface area contributed by atoms with Crippen molar-refractivity contribution < 1.29 is 14.3 Å². The van der Waals surface area contributed by atoms with E-state index in [1.165, 1.54) is 0 Å². The number of ketones is 1. The second kappa shape index (κ2) is 4.78. The molecule has 1 spiro atoms. The van der Waals surface area contributed by atoms with Crippen LogP contribution in [0.4, 0.5) is 4.79 Å². The standard InChI is InChI=1S/C14H24N2O3/c1-13(2,3)19-12(18)16-9-6-14(7-10-16)11(17)5-8-15(14)4/h5-10H2,1-4H3. The van der Waals surface area contributed by atoms with Gasteiger partial charge in [-0.05, 0) is 40.7 Å². The molecule has 5 heteroatoms. The lowest BCUT2D eigenvalue weighted by Gasteiger charge is -2.42. The van der Waals surface area contributed by atoms with Crippen LogP contribution in [0.3, 0.4) is 0 Å². The normalized spacial score (nSPS) is 24.0. The molecule has 2 saturated heterocycles. The Morgan fingerprint density at radius 1 is 1.21 bits per heavy atom. The smallest absolute Gasteiger partial charge is 0.410 e. The van der Waals surface area contributed by atoms with Crippen LogP contribution in [0.1, 0.15) is 40.0 Å². The molecule has 108 valence electrons. The van der Waals surface area contributed by atoms with Crippen LogP contribution < -0.4 is 0 Å². The number of likely N-dealkylation sites (tertiary alicyclic amines) is 2. The molecule has 0 aromatic rings. The molecule has 2 aliphatic rings. The highest BCUT2D eigenvalue weighted by molar-refractivity contribution is 5.91. The minimum Gasteiger partial charge on any atom is -0.444 e. The monoisotopic (exact) mass is 268 g/mol. The van der Waals surface area contributed by atoms with Crippen LogP contribution in [-0.4, -0.2) is 59.5 Å². The highest BCUT2D eigenvalue weighted by Crippen LogP contribution is 2.34. The molecule has 0 aromatic heterocycles. The number of hydrogen-bond acceptors (Lipinski definition) is 4. The van der Waals surface area contributed by atoms with Gasteiger partial charge in [0, 0.05) is 26.1 Å². The first-order valence-electron chi connectivity index (χ1n) is 6.97. The fourth-order valence-corrected chi connectivity index (χ4v) is 2.98. The minimum absolute atomic E-state index is 0.268. The third kappa shape index (κ3) is 2.76. The van der Waals surface area contributed by atoms with E-state index in [2.05, 4.69) is 4.90 Å². The molecule has 0 saturated carbocycles. The van der Waals surface area contributed by atoms with E-state index in [1.807, 2.05) is 27.8 Å². The summed E-state index contributed by atoms with van der Waals surface area (Å²) in [4.78, 5) is 27.9. The second-order valence-electron chi connectivity index (χ2n) is 6.59. The van der Waals surface area contributed by atoms with Crippen molar-refractivity contribution in [2.75, 3.05) is 26.7 Å². The zero-order valence-electron chi connectivity index (χ0n) is 12.4. The summed E-state index contributed by atoms with van der Waals surface area (Å²) in [6, 6.07) is 0. The summed E-state index contributed by atoms with van der Waals surface area (Å²) in [6.07, 6.45) is 1.82. The molecule has 2 aliphatic heterocycles. The van der Waals surface area contributed by atoms with Crippen molar-refractivity contribution in [1.29, 1.82) is 0 Å². The molecule has 2 heterocycles. The Kier molecular flexibility index (Phi) is 3.60. The van der Waals surface area contributed by atoms with Crippen LogP contribution in [-0.2, 0) is 9.53 Å². The number of carbonyl (C=O) groups excluding carboxylic acids is 2. The van der Waals surface area contributed by atoms with Gasteiger partial charge in [-0.3, -0.25) is 9.69 Å². The molecule has 2 fully saturated rings. The van der Waals surface area contributed by atoms with Crippen molar-refractivity contribution in [1.82, 2.24) is 9.80 Å². The summed E-state index contributed by atoms with van der Waals surface area (Å²) in [5.41, 5.74) is -0.787. The van der Waals surface area contributed by atoms with Crippen molar-refractivity contribution in [3.05, 3.63) is 0 Å². The fourth-order valence-electron chi connectivity index (χ4n) is 2.98. The van der Waals surface area contributed by atoms with Crippen molar-refractivity contribution in [2.45, 2.75) is 51.2 Å². The summed E-state index contributed by atoms with van der Waals surface area (Å²) < 4.78 is 5.37. The second-order valence-corrected chi connectivity index (χ2v) is 6.59. The minimum atomic E-state index is -0.466. The first-order chi connectivity index (χ1) is 8.74. The highest BCUT2D eigenvalue weighted by Gasteiger charge is 2.48. The maximum atomic E-state index is 12.1. The SMILES string of the molecule is CN1CCC(=O)C12CCN(C(=O)OC(C)(C)C)CC2. The molecule has 0 unspecified atom stereocenters. The molecule has 2 rings (SSSR count). The number of nitrogens with zero attached hydrogens (tertiary/aromatic N) is 2. The number of amides is 1. The predicted octanol–water partition coefficient (Wildman–Crippen LogP) is 1.66. The number of rotatable bonds is 0. The van der Waals surface area contributed by atoms with Gasteiger partial charge in [0.1, 0.15) is 5.60 Å². The van der Waals surface area contributed by atoms with Crippen LogP contribution >= 0.6 is 0 Å². The molecular formula is C14H24N2O3. The molecule has 0 atom stereocenters.